The topological polar surface area (TPSA) is 32.7 Å². The summed E-state index contributed by atoms with van der Waals surface area (Å²) in [4.78, 5) is 2.31. The van der Waals surface area contributed by atoms with Crippen LogP contribution in [0, 0.1) is 0 Å². The summed E-state index contributed by atoms with van der Waals surface area (Å²) in [6.07, 6.45) is 1.04. The predicted octanol–water partition coefficient (Wildman–Crippen LogP) is 1.27. The summed E-state index contributed by atoms with van der Waals surface area (Å²) in [5, 5.41) is 9.34. The second kappa shape index (κ2) is 5.99. The number of nitrogens with zero attached hydrogens (tertiary/aromatic N) is 1. The van der Waals surface area contributed by atoms with Gasteiger partial charge in [0.05, 0.1) is 19.3 Å². The van der Waals surface area contributed by atoms with E-state index >= 15 is 0 Å². The molecule has 1 aromatic rings. The molecule has 1 aliphatic heterocycles. The molecule has 1 unspecified atom stereocenters. The van der Waals surface area contributed by atoms with Gasteiger partial charge in [0.2, 0.25) is 0 Å². The minimum atomic E-state index is 0.141. The second-order valence-electron chi connectivity index (χ2n) is 4.22. The van der Waals surface area contributed by atoms with Gasteiger partial charge in [-0.15, -0.1) is 0 Å². The minimum absolute atomic E-state index is 0.141. The third-order valence-electron chi connectivity index (χ3n) is 3.00. The van der Waals surface area contributed by atoms with Crippen LogP contribution in [-0.2, 0) is 11.3 Å². The molecule has 3 nitrogen and oxygen atoms in total. The summed E-state index contributed by atoms with van der Waals surface area (Å²) < 4.78 is 5.46. The molecule has 3 heteroatoms. The minimum Gasteiger partial charge on any atom is -0.395 e. The van der Waals surface area contributed by atoms with Crippen LogP contribution in [-0.4, -0.2) is 42.4 Å². The van der Waals surface area contributed by atoms with Crippen molar-refractivity contribution in [1.29, 1.82) is 0 Å². The predicted molar refractivity (Wildman–Crippen MR) is 63.2 cm³/mol. The molecular weight excluding hydrogens is 202 g/mol. The highest BCUT2D eigenvalue weighted by Crippen LogP contribution is 2.12. The molecule has 0 bridgehead atoms. The number of hydrogen-bond donors (Lipinski definition) is 1. The third-order valence-corrected chi connectivity index (χ3v) is 3.00. The van der Waals surface area contributed by atoms with Crippen molar-refractivity contribution in [3.63, 3.8) is 0 Å². The van der Waals surface area contributed by atoms with Gasteiger partial charge < -0.3 is 9.84 Å². The zero-order chi connectivity index (χ0) is 11.2. The zero-order valence-corrected chi connectivity index (χ0v) is 9.51. The Hall–Kier alpha value is -0.900. The lowest BCUT2D eigenvalue weighted by molar-refractivity contribution is 0.0619. The summed E-state index contributed by atoms with van der Waals surface area (Å²) in [6, 6.07) is 10.5. The molecule has 1 fully saturated rings. The van der Waals surface area contributed by atoms with Crippen LogP contribution in [0.4, 0.5) is 0 Å². The van der Waals surface area contributed by atoms with Crippen molar-refractivity contribution in [3.8, 4) is 0 Å². The summed E-state index contributed by atoms with van der Waals surface area (Å²) in [7, 11) is 0. The monoisotopic (exact) mass is 221 g/mol. The molecule has 1 saturated heterocycles. The van der Waals surface area contributed by atoms with E-state index in [1.54, 1.807) is 0 Å². The molecule has 1 atom stereocenters. The Kier molecular flexibility index (Phi) is 4.34. The van der Waals surface area contributed by atoms with E-state index in [1.165, 1.54) is 5.56 Å². The summed E-state index contributed by atoms with van der Waals surface area (Å²) in [5.74, 6) is 0. The molecular formula is C13H19NO2. The fourth-order valence-electron chi connectivity index (χ4n) is 2.07. The van der Waals surface area contributed by atoms with Crippen LogP contribution in [0.25, 0.3) is 0 Å². The zero-order valence-electron chi connectivity index (χ0n) is 9.51. The van der Waals surface area contributed by atoms with Gasteiger partial charge in [0.25, 0.3) is 0 Å². The number of benzene rings is 1. The molecule has 2 rings (SSSR count). The van der Waals surface area contributed by atoms with E-state index in [9.17, 15) is 5.11 Å². The molecule has 0 aliphatic carbocycles. The van der Waals surface area contributed by atoms with Gasteiger partial charge >= 0.3 is 0 Å². The summed E-state index contributed by atoms with van der Waals surface area (Å²) in [5.41, 5.74) is 1.29. The van der Waals surface area contributed by atoms with Crippen LogP contribution in [0.1, 0.15) is 12.0 Å². The van der Waals surface area contributed by atoms with E-state index in [0.29, 0.717) is 6.61 Å². The smallest absolute Gasteiger partial charge is 0.0644 e. The quantitative estimate of drug-likeness (QED) is 0.834. The molecule has 1 aliphatic rings. The number of hydrogen-bond acceptors (Lipinski definition) is 3. The molecule has 0 aromatic heterocycles. The van der Waals surface area contributed by atoms with Crippen molar-refractivity contribution in [2.45, 2.75) is 19.0 Å². The lowest BCUT2D eigenvalue weighted by Gasteiger charge is -2.27. The molecule has 1 heterocycles. The highest BCUT2D eigenvalue weighted by molar-refractivity contribution is 5.14. The van der Waals surface area contributed by atoms with E-state index in [-0.39, 0.29) is 12.6 Å². The molecule has 0 spiro atoms. The van der Waals surface area contributed by atoms with Gasteiger partial charge in [0.15, 0.2) is 0 Å². The van der Waals surface area contributed by atoms with Crippen molar-refractivity contribution in [2.24, 2.45) is 0 Å². The molecule has 0 amide bonds. The normalized spacial score (nSPS) is 22.9. The average Bonchev–Trinajstić information content (AvgIpc) is 2.55. The average molecular weight is 221 g/mol. The first-order chi connectivity index (χ1) is 7.90. The SMILES string of the molecule is OCC1COCCCN1Cc1ccccc1. The van der Waals surface area contributed by atoms with Crippen LogP contribution in [0.5, 0.6) is 0 Å². The van der Waals surface area contributed by atoms with Crippen molar-refractivity contribution in [2.75, 3.05) is 26.4 Å². The highest BCUT2D eigenvalue weighted by Gasteiger charge is 2.20. The Bertz CT molecular complexity index is 302. The standard InChI is InChI=1S/C13H19NO2/c15-10-13-11-16-8-4-7-14(13)9-12-5-2-1-3-6-12/h1-3,5-6,13,15H,4,7-11H2. The van der Waals surface area contributed by atoms with Gasteiger partial charge in [-0.1, -0.05) is 30.3 Å². The second-order valence-corrected chi connectivity index (χ2v) is 4.22. The highest BCUT2D eigenvalue weighted by atomic mass is 16.5. The van der Waals surface area contributed by atoms with Gasteiger partial charge in [-0.25, -0.2) is 0 Å². The summed E-state index contributed by atoms with van der Waals surface area (Å²) >= 11 is 0. The molecule has 1 N–H and O–H groups in total. The van der Waals surface area contributed by atoms with E-state index < -0.39 is 0 Å². The van der Waals surface area contributed by atoms with Crippen molar-refractivity contribution < 1.29 is 9.84 Å². The van der Waals surface area contributed by atoms with Gasteiger partial charge in [0, 0.05) is 19.7 Å². The van der Waals surface area contributed by atoms with Crippen molar-refractivity contribution in [1.82, 2.24) is 4.90 Å². The maximum atomic E-state index is 9.34. The molecule has 16 heavy (non-hydrogen) atoms. The first-order valence-corrected chi connectivity index (χ1v) is 5.86. The van der Waals surface area contributed by atoms with Crippen LogP contribution in [0.15, 0.2) is 30.3 Å². The largest absolute Gasteiger partial charge is 0.395 e. The maximum absolute atomic E-state index is 9.34. The lowest BCUT2D eigenvalue weighted by atomic mass is 10.2. The van der Waals surface area contributed by atoms with Crippen LogP contribution >= 0.6 is 0 Å². The fraction of sp³-hybridized carbons (Fsp3) is 0.538. The molecule has 0 saturated carbocycles. The fourth-order valence-corrected chi connectivity index (χ4v) is 2.07. The summed E-state index contributed by atoms with van der Waals surface area (Å²) in [6.45, 7) is 3.52. The number of aliphatic hydroxyl groups is 1. The van der Waals surface area contributed by atoms with Gasteiger partial charge in [0.1, 0.15) is 0 Å². The lowest BCUT2D eigenvalue weighted by Crippen LogP contribution is -2.39. The first kappa shape index (κ1) is 11.6. The Morgan fingerprint density at radius 2 is 2.12 bits per heavy atom. The van der Waals surface area contributed by atoms with Gasteiger partial charge in [-0.2, -0.15) is 0 Å². The van der Waals surface area contributed by atoms with Gasteiger partial charge in [-0.05, 0) is 12.0 Å². The Balaban J connectivity index is 2.00. The van der Waals surface area contributed by atoms with Crippen molar-refractivity contribution >= 4 is 0 Å². The van der Waals surface area contributed by atoms with Crippen LogP contribution in [0.3, 0.4) is 0 Å². The molecule has 1 aromatic carbocycles. The van der Waals surface area contributed by atoms with E-state index in [0.717, 1.165) is 26.1 Å². The van der Waals surface area contributed by atoms with Crippen LogP contribution in [0.2, 0.25) is 0 Å². The number of rotatable bonds is 3. The van der Waals surface area contributed by atoms with E-state index in [4.69, 9.17) is 4.74 Å². The van der Waals surface area contributed by atoms with Gasteiger partial charge in [-0.3, -0.25) is 4.90 Å². The Morgan fingerprint density at radius 3 is 2.88 bits per heavy atom. The first-order valence-electron chi connectivity index (χ1n) is 5.86. The molecule has 0 radical (unpaired) electrons. The maximum Gasteiger partial charge on any atom is 0.0644 e. The third kappa shape index (κ3) is 3.04. The van der Waals surface area contributed by atoms with Crippen LogP contribution < -0.4 is 0 Å². The van der Waals surface area contributed by atoms with E-state index in [1.807, 2.05) is 6.07 Å². The Labute approximate surface area is 96.6 Å². The number of aliphatic hydroxyl groups excluding tert-OH is 1. The molecule has 88 valence electrons. The Morgan fingerprint density at radius 1 is 1.31 bits per heavy atom. The number of ether oxygens (including phenoxy) is 1. The van der Waals surface area contributed by atoms with Crippen molar-refractivity contribution in [3.05, 3.63) is 35.9 Å². The van der Waals surface area contributed by atoms with E-state index in [2.05, 4.69) is 29.2 Å².